The Kier molecular flexibility index (Phi) is 15.0. The lowest BCUT2D eigenvalue weighted by Gasteiger charge is -2.41. The maximum Gasteiger partial charge on any atom is 0.227 e. The van der Waals surface area contributed by atoms with Crippen molar-refractivity contribution < 1.29 is 8.78 Å². The van der Waals surface area contributed by atoms with E-state index in [0.717, 1.165) is 83.9 Å². The molecule has 2 aliphatic rings. The molecular weight excluding hydrogens is 627 g/mol. The van der Waals surface area contributed by atoms with Crippen molar-refractivity contribution in [3.63, 3.8) is 0 Å². The van der Waals surface area contributed by atoms with E-state index >= 15 is 0 Å². The fourth-order valence-corrected chi connectivity index (χ4v) is 6.18. The van der Waals surface area contributed by atoms with Crippen LogP contribution in [-0.2, 0) is 0 Å². The molecule has 2 aromatic carbocycles. The van der Waals surface area contributed by atoms with Gasteiger partial charge in [-0.1, -0.05) is 72.9 Å². The van der Waals surface area contributed by atoms with E-state index in [9.17, 15) is 8.78 Å². The fraction of sp³-hybridized carbons (Fsp3) is 0.524. The zero-order chi connectivity index (χ0) is 37.2. The molecule has 0 spiro atoms. The third kappa shape index (κ3) is 11.4. The van der Waals surface area contributed by atoms with E-state index in [1.165, 1.54) is 56.6 Å². The van der Waals surface area contributed by atoms with E-state index in [1.54, 1.807) is 0 Å². The number of hydrogen-bond acceptors (Lipinski definition) is 6. The molecule has 274 valence electrons. The highest BCUT2D eigenvalue weighted by atomic mass is 19.1. The summed E-state index contributed by atoms with van der Waals surface area (Å²) in [6, 6.07) is 11.0. The van der Waals surface area contributed by atoms with Crippen molar-refractivity contribution in [1.82, 2.24) is 20.2 Å². The summed E-state index contributed by atoms with van der Waals surface area (Å²) in [5.74, 6) is 1.53. The van der Waals surface area contributed by atoms with Crippen LogP contribution in [0.25, 0.3) is 17.0 Å². The summed E-state index contributed by atoms with van der Waals surface area (Å²) in [6.07, 6.45) is 4.99. The molecular formula is C42H62F2N6. The number of benzene rings is 2. The molecule has 3 aromatic rings. The summed E-state index contributed by atoms with van der Waals surface area (Å²) in [4.78, 5) is 15.3. The number of nitrogens with zero attached hydrogens (tertiary/aromatic N) is 4. The van der Waals surface area contributed by atoms with Crippen molar-refractivity contribution >= 4 is 17.5 Å². The summed E-state index contributed by atoms with van der Waals surface area (Å²) < 4.78 is 24.7. The van der Waals surface area contributed by atoms with Crippen molar-refractivity contribution in [1.29, 1.82) is 0 Å². The van der Waals surface area contributed by atoms with E-state index in [2.05, 4.69) is 93.3 Å². The zero-order valence-electron chi connectivity index (χ0n) is 32.4. The number of piperidine rings is 2. The predicted octanol–water partition coefficient (Wildman–Crippen LogP) is 10.3. The van der Waals surface area contributed by atoms with Crippen LogP contribution in [0.1, 0.15) is 96.4 Å². The molecule has 50 heavy (non-hydrogen) atoms. The van der Waals surface area contributed by atoms with Crippen LogP contribution in [-0.4, -0.2) is 53.6 Å². The average Bonchev–Trinajstić information content (AvgIpc) is 3.08. The summed E-state index contributed by atoms with van der Waals surface area (Å²) in [7, 11) is 0. The Bertz CT molecular complexity index is 1560. The second-order valence-corrected chi connectivity index (χ2v) is 15.0. The first-order valence-corrected chi connectivity index (χ1v) is 18.4. The number of hydrogen-bond donors (Lipinski definition) is 2. The maximum atomic E-state index is 12.3. The summed E-state index contributed by atoms with van der Waals surface area (Å²) in [6.45, 7) is 34.5. The molecule has 8 heteroatoms. The van der Waals surface area contributed by atoms with E-state index < -0.39 is 11.6 Å². The summed E-state index contributed by atoms with van der Waals surface area (Å²) in [5, 5.41) is 6.93. The van der Waals surface area contributed by atoms with E-state index in [4.69, 9.17) is 9.97 Å². The molecule has 0 bridgehead atoms. The number of aromatic nitrogens is 2. The Morgan fingerprint density at radius 1 is 0.880 bits per heavy atom. The minimum absolute atomic E-state index is 0.0810. The highest BCUT2D eigenvalue weighted by Gasteiger charge is 2.29. The number of likely N-dealkylation sites (tertiary alicyclic amines) is 1. The van der Waals surface area contributed by atoms with Gasteiger partial charge < -0.3 is 20.4 Å². The van der Waals surface area contributed by atoms with E-state index in [-0.39, 0.29) is 11.0 Å². The van der Waals surface area contributed by atoms with Gasteiger partial charge in [0.1, 0.15) is 17.5 Å². The minimum Gasteiger partial charge on any atom is -0.385 e. The monoisotopic (exact) mass is 689 g/mol. The number of rotatable bonds is 8. The second-order valence-electron chi connectivity index (χ2n) is 15.0. The second kappa shape index (κ2) is 18.5. The number of allylic oxidation sites excluding steroid dienone is 1. The number of anilines is 2. The highest BCUT2D eigenvalue weighted by Crippen LogP contribution is 2.34. The van der Waals surface area contributed by atoms with Gasteiger partial charge in [0, 0.05) is 53.8 Å². The molecule has 2 N–H and O–H groups in total. The molecule has 0 radical (unpaired) electrons. The minimum atomic E-state index is -0.491. The molecule has 0 saturated carbocycles. The first-order valence-electron chi connectivity index (χ1n) is 18.4. The molecule has 5 rings (SSSR count). The standard InChI is InChI=1S/C33H50N6.C7H6F2.C2H6/c1-22(2)35-31-25(5)30(29-20-27(11-10-24(29)4)26(6)34-21-33(7,8)9)36-32(37-31)39-18-14-28(15-19-39)38-16-12-23(3)13-17-38;1-5-6(8)3-2-4-7(5)9;1-2/h10-11,20,23,28,34H,1,6,12-19,21H2,2-5,7-9H3,(H,35,36,37);2-4H,1H3;1-2H3. The van der Waals surface area contributed by atoms with Gasteiger partial charge >= 0.3 is 0 Å². The van der Waals surface area contributed by atoms with Gasteiger partial charge in [-0.3, -0.25) is 0 Å². The largest absolute Gasteiger partial charge is 0.385 e. The third-order valence-electron chi connectivity index (χ3n) is 9.42. The molecule has 0 aliphatic carbocycles. The van der Waals surface area contributed by atoms with Gasteiger partial charge in [0.25, 0.3) is 0 Å². The average molecular weight is 689 g/mol. The number of nitrogens with one attached hydrogen (secondary N) is 2. The Labute approximate surface area is 301 Å². The molecule has 2 saturated heterocycles. The fourth-order valence-electron chi connectivity index (χ4n) is 6.18. The molecule has 6 nitrogen and oxygen atoms in total. The van der Waals surface area contributed by atoms with Gasteiger partial charge in [-0.05, 0) is 107 Å². The summed E-state index contributed by atoms with van der Waals surface area (Å²) in [5.41, 5.74) is 7.47. The van der Waals surface area contributed by atoms with Crippen LogP contribution in [0.5, 0.6) is 0 Å². The van der Waals surface area contributed by atoms with Gasteiger partial charge in [0.05, 0.1) is 5.69 Å². The van der Waals surface area contributed by atoms with Crippen LogP contribution < -0.4 is 15.5 Å². The first kappa shape index (κ1) is 40.6. The summed E-state index contributed by atoms with van der Waals surface area (Å²) >= 11 is 0. The van der Waals surface area contributed by atoms with Crippen molar-refractivity contribution in [2.24, 2.45) is 11.3 Å². The van der Waals surface area contributed by atoms with Crippen molar-refractivity contribution in [2.45, 2.75) is 101 Å². The molecule has 0 atom stereocenters. The third-order valence-corrected chi connectivity index (χ3v) is 9.42. The molecule has 1 aromatic heterocycles. The van der Waals surface area contributed by atoms with Gasteiger partial charge in [-0.25, -0.2) is 13.8 Å². The van der Waals surface area contributed by atoms with Crippen LogP contribution in [0, 0.1) is 43.7 Å². The van der Waals surface area contributed by atoms with Gasteiger partial charge in [0.15, 0.2) is 0 Å². The lowest BCUT2D eigenvalue weighted by molar-refractivity contribution is 0.120. The number of aryl methyl sites for hydroxylation is 1. The van der Waals surface area contributed by atoms with Crippen molar-refractivity contribution in [3.05, 3.63) is 89.1 Å². The maximum absolute atomic E-state index is 12.3. The lowest BCUT2D eigenvalue weighted by atomic mass is 9.95. The van der Waals surface area contributed by atoms with Gasteiger partial charge in [0.2, 0.25) is 5.95 Å². The normalized spacial score (nSPS) is 15.7. The van der Waals surface area contributed by atoms with Crippen LogP contribution in [0.15, 0.2) is 55.3 Å². The Morgan fingerprint density at radius 2 is 1.48 bits per heavy atom. The quantitative estimate of drug-likeness (QED) is 0.246. The molecule has 3 heterocycles. The topological polar surface area (TPSA) is 56.3 Å². The Balaban J connectivity index is 0.000000528. The Hall–Kier alpha value is -3.78. The molecule has 0 unspecified atom stereocenters. The predicted molar refractivity (Wildman–Crippen MR) is 210 cm³/mol. The SMILES string of the molecule is C=C(C)Nc1nc(N2CCC(N3CCC(C)CC3)CC2)nc(-c2cc(C(=C)NCC(C)(C)C)ccc2C)c1C.CC.Cc1c(F)cccc1F. The van der Waals surface area contributed by atoms with E-state index in [0.29, 0.717) is 6.04 Å². The lowest BCUT2D eigenvalue weighted by Crippen LogP contribution is -2.48. The highest BCUT2D eigenvalue weighted by molar-refractivity contribution is 5.76. The molecule has 2 fully saturated rings. The first-order chi connectivity index (χ1) is 23.6. The molecule has 2 aliphatic heterocycles. The smallest absolute Gasteiger partial charge is 0.227 e. The van der Waals surface area contributed by atoms with E-state index in [1.807, 2.05) is 20.8 Å². The van der Waals surface area contributed by atoms with Crippen LogP contribution >= 0.6 is 0 Å². The molecule has 0 amide bonds. The van der Waals surface area contributed by atoms with Crippen LogP contribution in [0.4, 0.5) is 20.5 Å². The van der Waals surface area contributed by atoms with Crippen LogP contribution in [0.2, 0.25) is 0 Å². The Morgan fingerprint density at radius 3 is 2.02 bits per heavy atom. The zero-order valence-corrected chi connectivity index (χ0v) is 32.4. The van der Waals surface area contributed by atoms with Gasteiger partial charge in [-0.2, -0.15) is 4.98 Å². The number of halogens is 2. The van der Waals surface area contributed by atoms with Crippen molar-refractivity contribution in [3.8, 4) is 11.3 Å². The van der Waals surface area contributed by atoms with Crippen LogP contribution in [0.3, 0.4) is 0 Å². The van der Waals surface area contributed by atoms with Gasteiger partial charge in [-0.15, -0.1) is 0 Å². The van der Waals surface area contributed by atoms with Crippen molar-refractivity contribution in [2.75, 3.05) is 42.9 Å².